The predicted octanol–water partition coefficient (Wildman–Crippen LogP) is 2.63. The molecule has 2 aromatic rings. The molecule has 2 rings (SSSR count). The van der Waals surface area contributed by atoms with E-state index in [0.29, 0.717) is 11.3 Å². The molecular weight excluding hydrogens is 348 g/mol. The molecule has 0 aliphatic carbocycles. The fourth-order valence-corrected chi connectivity index (χ4v) is 2.13. The second kappa shape index (κ2) is 8.25. The molecule has 0 unspecified atom stereocenters. The molecule has 0 spiro atoms. The van der Waals surface area contributed by atoms with Crippen LogP contribution in [0, 0.1) is 6.92 Å². The Labute approximate surface area is 148 Å². The average molecular weight is 363 g/mol. The highest BCUT2D eigenvalue weighted by Crippen LogP contribution is 2.18. The summed E-state index contributed by atoms with van der Waals surface area (Å²) < 4.78 is 9.55. The minimum absolute atomic E-state index is 0.00506. The van der Waals surface area contributed by atoms with Gasteiger partial charge in [0.15, 0.2) is 6.61 Å². The van der Waals surface area contributed by atoms with Crippen LogP contribution in [0.3, 0.4) is 0 Å². The molecule has 0 saturated carbocycles. The van der Waals surface area contributed by atoms with Crippen LogP contribution in [0.4, 0.5) is 5.69 Å². The molecule has 0 saturated heterocycles. The van der Waals surface area contributed by atoms with Crippen LogP contribution < -0.4 is 5.32 Å². The lowest BCUT2D eigenvalue weighted by Crippen LogP contribution is -2.21. The number of anilines is 1. The number of hydrogen-bond acceptors (Lipinski definition) is 6. The smallest absolute Gasteiger partial charge is 0.341 e. The van der Waals surface area contributed by atoms with E-state index < -0.39 is 24.5 Å². The number of rotatable bonds is 5. The highest BCUT2D eigenvalue weighted by molar-refractivity contribution is 6.32. The van der Waals surface area contributed by atoms with E-state index in [2.05, 4.69) is 15.0 Å². The number of methoxy groups -OCH3 is 1. The number of ether oxygens (including phenoxy) is 2. The van der Waals surface area contributed by atoms with Crippen molar-refractivity contribution in [1.29, 1.82) is 0 Å². The Bertz CT molecular complexity index is 822. The zero-order chi connectivity index (χ0) is 18.4. The first-order chi connectivity index (χ1) is 11.9. The summed E-state index contributed by atoms with van der Waals surface area (Å²) >= 11 is 5.79. The lowest BCUT2D eigenvalue weighted by atomic mass is 10.1. The molecule has 1 amide bonds. The maximum Gasteiger partial charge on any atom is 0.341 e. The second-order valence-corrected chi connectivity index (χ2v) is 5.35. The molecule has 8 heteroatoms. The molecule has 0 atom stereocenters. The summed E-state index contributed by atoms with van der Waals surface area (Å²) in [6, 6.07) is 7.72. The summed E-state index contributed by atoms with van der Waals surface area (Å²) in [4.78, 5) is 39.2. The van der Waals surface area contributed by atoms with E-state index >= 15 is 0 Å². The van der Waals surface area contributed by atoms with E-state index in [1.165, 1.54) is 31.5 Å². The Morgan fingerprint density at radius 2 is 1.96 bits per heavy atom. The van der Waals surface area contributed by atoms with E-state index in [1.807, 2.05) is 0 Å². The summed E-state index contributed by atoms with van der Waals surface area (Å²) in [7, 11) is 1.27. The fourth-order valence-electron chi connectivity index (χ4n) is 1.93. The first kappa shape index (κ1) is 18.4. The molecule has 130 valence electrons. The SMILES string of the molecule is COC(=O)c1ccc(C)c(NC(=O)COC(=O)c2cccnc2Cl)c1. The highest BCUT2D eigenvalue weighted by Gasteiger charge is 2.15. The third-order valence-corrected chi connectivity index (χ3v) is 3.55. The summed E-state index contributed by atoms with van der Waals surface area (Å²) in [5.41, 5.74) is 1.52. The quantitative estimate of drug-likeness (QED) is 0.649. The van der Waals surface area contributed by atoms with Crippen LogP contribution in [0.5, 0.6) is 0 Å². The molecule has 0 fully saturated rings. The van der Waals surface area contributed by atoms with Gasteiger partial charge in [0.25, 0.3) is 5.91 Å². The van der Waals surface area contributed by atoms with Gasteiger partial charge >= 0.3 is 11.9 Å². The van der Waals surface area contributed by atoms with Crippen LogP contribution in [-0.2, 0) is 14.3 Å². The molecule has 0 aliphatic heterocycles. The van der Waals surface area contributed by atoms with Gasteiger partial charge in [0, 0.05) is 11.9 Å². The molecule has 7 nitrogen and oxygen atoms in total. The zero-order valence-electron chi connectivity index (χ0n) is 13.5. The van der Waals surface area contributed by atoms with Gasteiger partial charge in [0.05, 0.1) is 18.2 Å². The Balaban J connectivity index is 2.00. The van der Waals surface area contributed by atoms with Crippen LogP contribution >= 0.6 is 11.6 Å². The lowest BCUT2D eigenvalue weighted by molar-refractivity contribution is -0.119. The number of benzene rings is 1. The molecule has 1 aromatic heterocycles. The van der Waals surface area contributed by atoms with Crippen LogP contribution in [0.2, 0.25) is 5.15 Å². The number of nitrogens with one attached hydrogen (secondary N) is 1. The number of nitrogens with zero attached hydrogens (tertiary/aromatic N) is 1. The van der Waals surface area contributed by atoms with Gasteiger partial charge in [0.2, 0.25) is 0 Å². The van der Waals surface area contributed by atoms with Gasteiger partial charge in [-0.15, -0.1) is 0 Å². The second-order valence-electron chi connectivity index (χ2n) is 4.99. The van der Waals surface area contributed by atoms with Crippen molar-refractivity contribution in [3.05, 3.63) is 58.4 Å². The van der Waals surface area contributed by atoms with Gasteiger partial charge in [0.1, 0.15) is 5.15 Å². The van der Waals surface area contributed by atoms with Crippen LogP contribution in [0.1, 0.15) is 26.3 Å². The minimum atomic E-state index is -0.756. The maximum absolute atomic E-state index is 12.0. The van der Waals surface area contributed by atoms with Gasteiger partial charge in [-0.2, -0.15) is 0 Å². The van der Waals surface area contributed by atoms with Crippen molar-refractivity contribution < 1.29 is 23.9 Å². The number of carbonyl (C=O) groups is 3. The number of halogens is 1. The molecule has 1 aromatic carbocycles. The molecule has 0 radical (unpaired) electrons. The monoisotopic (exact) mass is 362 g/mol. The van der Waals surface area contributed by atoms with Gasteiger partial charge in [-0.1, -0.05) is 17.7 Å². The Kier molecular flexibility index (Phi) is 6.08. The Morgan fingerprint density at radius 1 is 1.20 bits per heavy atom. The lowest BCUT2D eigenvalue weighted by Gasteiger charge is -2.10. The molecule has 1 N–H and O–H groups in total. The first-order valence-corrected chi connectivity index (χ1v) is 7.56. The van der Waals surface area contributed by atoms with Crippen LogP contribution in [-0.4, -0.2) is 36.5 Å². The highest BCUT2D eigenvalue weighted by atomic mass is 35.5. The number of hydrogen-bond donors (Lipinski definition) is 1. The molecule has 0 bridgehead atoms. The fraction of sp³-hybridized carbons (Fsp3) is 0.176. The minimum Gasteiger partial charge on any atom is -0.465 e. The topological polar surface area (TPSA) is 94.6 Å². The maximum atomic E-state index is 12.0. The Morgan fingerprint density at radius 3 is 2.64 bits per heavy atom. The van der Waals surface area contributed by atoms with Crippen molar-refractivity contribution >= 4 is 35.1 Å². The van der Waals surface area contributed by atoms with Crippen molar-refractivity contribution in [2.24, 2.45) is 0 Å². The van der Waals surface area contributed by atoms with Gasteiger partial charge < -0.3 is 14.8 Å². The number of aromatic nitrogens is 1. The number of carbonyl (C=O) groups excluding carboxylic acids is 3. The van der Waals surface area contributed by atoms with Crippen molar-refractivity contribution in [3.8, 4) is 0 Å². The van der Waals surface area contributed by atoms with E-state index in [4.69, 9.17) is 16.3 Å². The van der Waals surface area contributed by atoms with Crippen LogP contribution in [0.25, 0.3) is 0 Å². The summed E-state index contributed by atoms with van der Waals surface area (Å²) in [5.74, 6) is -1.83. The number of esters is 2. The summed E-state index contributed by atoms with van der Waals surface area (Å²) in [5, 5.41) is 2.57. The van der Waals surface area contributed by atoms with E-state index in [0.717, 1.165) is 5.56 Å². The van der Waals surface area contributed by atoms with Crippen molar-refractivity contribution in [3.63, 3.8) is 0 Å². The Hall–Kier alpha value is -2.93. The molecular formula is C17H15ClN2O5. The third kappa shape index (κ3) is 4.77. The van der Waals surface area contributed by atoms with E-state index in [9.17, 15) is 14.4 Å². The largest absolute Gasteiger partial charge is 0.465 e. The average Bonchev–Trinajstić information content (AvgIpc) is 2.61. The number of pyridine rings is 1. The van der Waals surface area contributed by atoms with Gasteiger partial charge in [-0.05, 0) is 36.8 Å². The molecule has 0 aliphatic rings. The van der Waals surface area contributed by atoms with E-state index in [-0.39, 0.29) is 10.7 Å². The molecule has 25 heavy (non-hydrogen) atoms. The predicted molar refractivity (Wildman–Crippen MR) is 90.7 cm³/mol. The standard InChI is InChI=1S/C17H15ClN2O5/c1-10-5-6-11(16(22)24-2)8-13(10)20-14(21)9-25-17(23)12-4-3-7-19-15(12)18/h3-8H,9H2,1-2H3,(H,20,21). The normalized spacial score (nSPS) is 10.0. The third-order valence-electron chi connectivity index (χ3n) is 3.25. The number of aryl methyl sites for hydroxylation is 1. The zero-order valence-corrected chi connectivity index (χ0v) is 14.3. The number of amides is 1. The van der Waals surface area contributed by atoms with E-state index in [1.54, 1.807) is 19.1 Å². The summed E-state index contributed by atoms with van der Waals surface area (Å²) in [6.07, 6.45) is 1.43. The van der Waals surface area contributed by atoms with Crippen molar-refractivity contribution in [2.75, 3.05) is 19.0 Å². The van der Waals surface area contributed by atoms with Gasteiger partial charge in [-0.3, -0.25) is 4.79 Å². The first-order valence-electron chi connectivity index (χ1n) is 7.19. The molecule has 1 heterocycles. The van der Waals surface area contributed by atoms with Crippen LogP contribution in [0.15, 0.2) is 36.5 Å². The van der Waals surface area contributed by atoms with Crippen molar-refractivity contribution in [2.45, 2.75) is 6.92 Å². The van der Waals surface area contributed by atoms with Gasteiger partial charge in [-0.25, -0.2) is 14.6 Å². The van der Waals surface area contributed by atoms with Crippen molar-refractivity contribution in [1.82, 2.24) is 4.98 Å². The summed E-state index contributed by atoms with van der Waals surface area (Å²) in [6.45, 7) is 1.25.